The van der Waals surface area contributed by atoms with Crippen LogP contribution >= 0.6 is 11.8 Å². The van der Waals surface area contributed by atoms with Crippen molar-refractivity contribution in [3.63, 3.8) is 0 Å². The van der Waals surface area contributed by atoms with Crippen LogP contribution in [0.4, 0.5) is 0 Å². The minimum atomic E-state index is 0.459. The lowest BCUT2D eigenvalue weighted by Crippen LogP contribution is -2.35. The topological polar surface area (TPSA) is 27.6 Å². The van der Waals surface area contributed by atoms with Crippen LogP contribution in [0.5, 0.6) is 0 Å². The van der Waals surface area contributed by atoms with Crippen molar-refractivity contribution in [1.29, 1.82) is 0 Å². The summed E-state index contributed by atoms with van der Waals surface area (Å²) >= 11 is 1.91. The van der Waals surface area contributed by atoms with E-state index in [0.29, 0.717) is 5.41 Å². The molecule has 1 aliphatic rings. The number of unbranched alkanes of at least 4 members (excludes halogenated alkanes) is 1. The Hall–Kier alpha value is -0.220. The third-order valence-electron chi connectivity index (χ3n) is 3.88. The number of nitrogens with zero attached hydrogens (tertiary/aromatic N) is 2. The fraction of sp³-hybridized carbons (Fsp3) is 0.929. The molecule has 0 atom stereocenters. The minimum absolute atomic E-state index is 0.459. The van der Waals surface area contributed by atoms with Crippen molar-refractivity contribution in [2.75, 3.05) is 39.5 Å². The van der Waals surface area contributed by atoms with E-state index >= 15 is 0 Å². The maximum absolute atomic E-state index is 4.72. The summed E-state index contributed by atoms with van der Waals surface area (Å²) in [6, 6.07) is 0. The number of aliphatic imine (C=N–C) groups is 1. The second-order valence-corrected chi connectivity index (χ2v) is 6.52. The first-order valence-corrected chi connectivity index (χ1v) is 8.16. The molecule has 106 valence electrons. The molecule has 0 aromatic rings. The maximum atomic E-state index is 4.72. The van der Waals surface area contributed by atoms with Crippen LogP contribution in [0, 0.1) is 5.41 Å². The van der Waals surface area contributed by atoms with E-state index in [0.717, 1.165) is 18.3 Å². The molecule has 0 bridgehead atoms. The summed E-state index contributed by atoms with van der Waals surface area (Å²) in [5.74, 6) is 1.23. The molecular formula is C14H29N3S. The molecule has 0 aliphatic carbocycles. The monoisotopic (exact) mass is 271 g/mol. The van der Waals surface area contributed by atoms with Gasteiger partial charge in [0.15, 0.2) is 5.17 Å². The quantitative estimate of drug-likeness (QED) is 0.722. The Bertz CT molecular complexity index is 260. The molecule has 0 unspecified atom stereocenters. The molecule has 0 amide bonds. The lowest BCUT2D eigenvalue weighted by atomic mass is 9.84. The zero-order valence-corrected chi connectivity index (χ0v) is 13.3. The van der Waals surface area contributed by atoms with Gasteiger partial charge in [0.1, 0.15) is 0 Å². The van der Waals surface area contributed by atoms with Crippen LogP contribution in [-0.4, -0.2) is 49.6 Å². The van der Waals surface area contributed by atoms with Gasteiger partial charge in [-0.15, -0.1) is 0 Å². The van der Waals surface area contributed by atoms with Crippen LogP contribution in [0.3, 0.4) is 0 Å². The molecule has 0 saturated carbocycles. The lowest BCUT2D eigenvalue weighted by Gasteiger charge is -2.33. The van der Waals surface area contributed by atoms with Gasteiger partial charge in [-0.2, -0.15) is 0 Å². The maximum Gasteiger partial charge on any atom is 0.156 e. The second-order valence-electron chi connectivity index (χ2n) is 5.55. The normalized spacial score (nSPS) is 18.8. The fourth-order valence-electron chi connectivity index (χ4n) is 2.09. The summed E-state index contributed by atoms with van der Waals surface area (Å²) < 4.78 is 0. The van der Waals surface area contributed by atoms with E-state index in [1.807, 2.05) is 11.8 Å². The molecule has 1 N–H and O–H groups in total. The van der Waals surface area contributed by atoms with E-state index in [4.69, 9.17) is 4.99 Å². The Morgan fingerprint density at radius 1 is 1.28 bits per heavy atom. The van der Waals surface area contributed by atoms with Crippen LogP contribution < -0.4 is 5.32 Å². The average molecular weight is 271 g/mol. The van der Waals surface area contributed by atoms with Crippen molar-refractivity contribution in [3.05, 3.63) is 0 Å². The Kier molecular flexibility index (Phi) is 7.08. The zero-order valence-electron chi connectivity index (χ0n) is 12.5. The summed E-state index contributed by atoms with van der Waals surface area (Å²) in [4.78, 5) is 6.96. The zero-order chi connectivity index (χ0) is 13.4. The third-order valence-corrected chi connectivity index (χ3v) is 5.19. The standard InChI is InChI=1S/C14H29N3S/c1-5-14(6-2)11-16-13(18-12-14)15-9-7-8-10-17(3)4/h5-12H2,1-4H3,(H,15,16). The number of hydrogen-bond donors (Lipinski definition) is 1. The predicted molar refractivity (Wildman–Crippen MR) is 83.6 cm³/mol. The van der Waals surface area contributed by atoms with Gasteiger partial charge in [0.25, 0.3) is 0 Å². The summed E-state index contributed by atoms with van der Waals surface area (Å²) in [5.41, 5.74) is 0.459. The molecule has 0 spiro atoms. The van der Waals surface area contributed by atoms with Crippen molar-refractivity contribution in [2.24, 2.45) is 10.4 Å². The molecule has 4 heteroatoms. The summed E-state index contributed by atoms with van der Waals surface area (Å²) in [5, 5.41) is 4.64. The average Bonchev–Trinajstić information content (AvgIpc) is 2.39. The number of amidine groups is 1. The Balaban J connectivity index is 2.19. The van der Waals surface area contributed by atoms with Crippen molar-refractivity contribution in [1.82, 2.24) is 10.2 Å². The van der Waals surface area contributed by atoms with Gasteiger partial charge in [-0.05, 0) is 51.7 Å². The Labute approximate surface area is 117 Å². The molecule has 3 nitrogen and oxygen atoms in total. The number of hydrogen-bond acceptors (Lipinski definition) is 4. The Morgan fingerprint density at radius 3 is 2.50 bits per heavy atom. The molecule has 0 fully saturated rings. The molecule has 1 heterocycles. The van der Waals surface area contributed by atoms with Gasteiger partial charge in [-0.25, -0.2) is 0 Å². The van der Waals surface area contributed by atoms with Crippen molar-refractivity contribution in [3.8, 4) is 0 Å². The van der Waals surface area contributed by atoms with Crippen molar-refractivity contribution >= 4 is 16.9 Å². The van der Waals surface area contributed by atoms with E-state index in [1.165, 1.54) is 38.0 Å². The molecule has 0 saturated heterocycles. The first kappa shape index (κ1) is 15.8. The smallest absolute Gasteiger partial charge is 0.156 e. The summed E-state index contributed by atoms with van der Waals surface area (Å²) in [6.07, 6.45) is 4.97. The number of rotatable bonds is 7. The van der Waals surface area contributed by atoms with E-state index in [9.17, 15) is 0 Å². The molecule has 1 aliphatic heterocycles. The van der Waals surface area contributed by atoms with Gasteiger partial charge in [0, 0.05) is 18.8 Å². The first-order valence-electron chi connectivity index (χ1n) is 7.18. The molecule has 18 heavy (non-hydrogen) atoms. The molecule has 0 radical (unpaired) electrons. The number of nitrogens with one attached hydrogen (secondary N) is 1. The Morgan fingerprint density at radius 2 is 2.00 bits per heavy atom. The van der Waals surface area contributed by atoms with Crippen LogP contribution in [0.2, 0.25) is 0 Å². The third kappa shape index (κ3) is 5.19. The molecule has 0 aromatic heterocycles. The van der Waals surface area contributed by atoms with E-state index in [2.05, 4.69) is 38.2 Å². The SMILES string of the molecule is CCC1(CC)CN=C(NCCCCN(C)C)SC1. The highest BCUT2D eigenvalue weighted by Gasteiger charge is 2.29. The van der Waals surface area contributed by atoms with Gasteiger partial charge >= 0.3 is 0 Å². The van der Waals surface area contributed by atoms with Gasteiger partial charge in [-0.1, -0.05) is 25.6 Å². The van der Waals surface area contributed by atoms with Crippen molar-refractivity contribution < 1.29 is 0 Å². The first-order chi connectivity index (χ1) is 8.62. The largest absolute Gasteiger partial charge is 0.365 e. The highest BCUT2D eigenvalue weighted by Crippen LogP contribution is 2.34. The highest BCUT2D eigenvalue weighted by molar-refractivity contribution is 8.13. The highest BCUT2D eigenvalue weighted by atomic mass is 32.2. The van der Waals surface area contributed by atoms with E-state index in [1.54, 1.807) is 0 Å². The van der Waals surface area contributed by atoms with Crippen LogP contribution in [0.1, 0.15) is 39.5 Å². The van der Waals surface area contributed by atoms with Gasteiger partial charge in [0.2, 0.25) is 0 Å². The van der Waals surface area contributed by atoms with Gasteiger partial charge in [0.05, 0.1) is 0 Å². The molecular weight excluding hydrogens is 242 g/mol. The van der Waals surface area contributed by atoms with Gasteiger partial charge in [-0.3, -0.25) is 4.99 Å². The molecule has 1 rings (SSSR count). The number of thioether (sulfide) groups is 1. The van der Waals surface area contributed by atoms with E-state index in [-0.39, 0.29) is 0 Å². The second kappa shape index (κ2) is 8.05. The molecule has 0 aromatic carbocycles. The van der Waals surface area contributed by atoms with Crippen LogP contribution in [0.25, 0.3) is 0 Å². The van der Waals surface area contributed by atoms with Gasteiger partial charge < -0.3 is 10.2 Å². The summed E-state index contributed by atoms with van der Waals surface area (Å²) in [7, 11) is 4.26. The predicted octanol–water partition coefficient (Wildman–Crippen LogP) is 2.83. The lowest BCUT2D eigenvalue weighted by molar-refractivity contribution is 0.318. The van der Waals surface area contributed by atoms with Crippen LogP contribution in [-0.2, 0) is 0 Å². The van der Waals surface area contributed by atoms with E-state index < -0.39 is 0 Å². The minimum Gasteiger partial charge on any atom is -0.365 e. The fourth-order valence-corrected chi connectivity index (χ4v) is 3.39. The van der Waals surface area contributed by atoms with Crippen LogP contribution in [0.15, 0.2) is 4.99 Å². The van der Waals surface area contributed by atoms with Crippen molar-refractivity contribution in [2.45, 2.75) is 39.5 Å². The summed E-state index contributed by atoms with van der Waals surface area (Å²) in [6.45, 7) is 7.83.